The zero-order chi connectivity index (χ0) is 8.12. The lowest BCUT2D eigenvalue weighted by Gasteiger charge is -1.76. The highest BCUT2D eigenvalue weighted by Gasteiger charge is 1.51. The predicted molar refractivity (Wildman–Crippen MR) is 43.9 cm³/mol. The lowest BCUT2D eigenvalue weighted by molar-refractivity contribution is 0.215. The van der Waals surface area contributed by atoms with Crippen molar-refractivity contribution in [1.29, 1.82) is 0 Å². The molecule has 60 valence electrons. The highest BCUT2D eigenvalue weighted by atomic mass is 16.5. The van der Waals surface area contributed by atoms with E-state index in [2.05, 4.69) is 10.1 Å². The molecule has 0 rings (SSSR count). The number of ether oxygens (including phenoxy) is 1. The molecule has 0 atom stereocenters. The smallest absolute Gasteiger partial charge is 0.0433 e. The fourth-order valence-electron chi connectivity index (χ4n) is 0. The van der Waals surface area contributed by atoms with E-state index in [9.17, 15) is 0 Å². The molecule has 0 aromatic rings. The highest BCUT2D eigenvalue weighted by molar-refractivity contribution is 3.94. The van der Waals surface area contributed by atoms with Crippen molar-refractivity contribution in [1.82, 2.24) is 5.32 Å². The summed E-state index contributed by atoms with van der Waals surface area (Å²) in [6, 6.07) is 0. The molecule has 0 aliphatic rings. The maximum absolute atomic E-state index is 4.54. The van der Waals surface area contributed by atoms with E-state index in [1.807, 2.05) is 34.9 Å². The van der Waals surface area contributed by atoms with Crippen LogP contribution in [0.1, 0.15) is 20.8 Å². The van der Waals surface area contributed by atoms with Gasteiger partial charge in [0, 0.05) is 13.7 Å². The van der Waals surface area contributed by atoms with Gasteiger partial charge in [-0.1, -0.05) is 13.8 Å². The van der Waals surface area contributed by atoms with Crippen LogP contribution in [0.25, 0.3) is 0 Å². The second-order valence-corrected chi connectivity index (χ2v) is 1.08. The molecule has 9 heavy (non-hydrogen) atoms. The summed E-state index contributed by atoms with van der Waals surface area (Å²) in [5.41, 5.74) is 0. The van der Waals surface area contributed by atoms with E-state index in [0.29, 0.717) is 0 Å². The molecule has 0 spiro atoms. The summed E-state index contributed by atoms with van der Waals surface area (Å²) in [6.07, 6.45) is 0. The first-order valence-electron chi connectivity index (χ1n) is 3.40. The minimum absolute atomic E-state index is 0.819. The monoisotopic (exact) mass is 135 g/mol. The van der Waals surface area contributed by atoms with Crippen molar-refractivity contribution in [2.75, 3.05) is 27.8 Å². The van der Waals surface area contributed by atoms with Crippen LogP contribution in [0, 0.1) is 0 Å². The number of rotatable bonds is 1. The van der Waals surface area contributed by atoms with Crippen molar-refractivity contribution < 1.29 is 4.74 Å². The summed E-state index contributed by atoms with van der Waals surface area (Å²) in [5.74, 6) is 0. The molecule has 0 aromatic heterocycles. The molecule has 2 nitrogen and oxygen atoms in total. The van der Waals surface area contributed by atoms with Gasteiger partial charge in [-0.3, -0.25) is 0 Å². The summed E-state index contributed by atoms with van der Waals surface area (Å²) >= 11 is 0. The van der Waals surface area contributed by atoms with Gasteiger partial charge in [0.15, 0.2) is 0 Å². The third-order valence-corrected chi connectivity index (χ3v) is 0.289. The van der Waals surface area contributed by atoms with Crippen molar-refractivity contribution >= 4 is 0 Å². The van der Waals surface area contributed by atoms with Crippen LogP contribution in [0.4, 0.5) is 0 Å². The first-order chi connectivity index (χ1) is 4.33. The van der Waals surface area contributed by atoms with Gasteiger partial charge in [0.25, 0.3) is 0 Å². The maximum Gasteiger partial charge on any atom is 0.0433 e. The van der Waals surface area contributed by atoms with Crippen LogP contribution in [-0.4, -0.2) is 27.8 Å². The molecule has 2 heteroatoms. The Bertz CT molecular complexity index is 16.4. The molecule has 0 amide bonds. The first kappa shape index (κ1) is 16.0. The Balaban J connectivity index is -0.0000000646. The lowest BCUT2D eigenvalue weighted by atomic mass is 10.9. The van der Waals surface area contributed by atoms with Crippen molar-refractivity contribution in [3.8, 4) is 0 Å². The molecular formula is C7H21NO. The van der Waals surface area contributed by atoms with Crippen molar-refractivity contribution in [2.24, 2.45) is 0 Å². The summed E-state index contributed by atoms with van der Waals surface area (Å²) in [4.78, 5) is 0. The molecule has 0 saturated carbocycles. The van der Waals surface area contributed by atoms with E-state index in [-0.39, 0.29) is 0 Å². The zero-order valence-electron chi connectivity index (χ0n) is 7.62. The average molecular weight is 135 g/mol. The Morgan fingerprint density at radius 2 is 1.33 bits per heavy atom. The predicted octanol–water partition coefficient (Wildman–Crippen LogP) is 1.51. The molecular weight excluding hydrogens is 114 g/mol. The first-order valence-corrected chi connectivity index (χ1v) is 3.40. The topological polar surface area (TPSA) is 21.3 Å². The van der Waals surface area contributed by atoms with Gasteiger partial charge in [-0.25, -0.2) is 0 Å². The molecule has 0 fully saturated rings. The van der Waals surface area contributed by atoms with Gasteiger partial charge in [0.05, 0.1) is 0 Å². The van der Waals surface area contributed by atoms with E-state index in [4.69, 9.17) is 0 Å². The number of nitrogens with one attached hydrogen (secondary N) is 1. The van der Waals surface area contributed by atoms with Crippen molar-refractivity contribution in [2.45, 2.75) is 20.8 Å². The Hall–Kier alpha value is -0.0800. The third-order valence-electron chi connectivity index (χ3n) is 0.289. The molecule has 0 bridgehead atoms. The van der Waals surface area contributed by atoms with E-state index in [1.54, 1.807) is 7.11 Å². The average Bonchev–Trinajstić information content (AvgIpc) is 1.94. The molecule has 0 aliphatic carbocycles. The van der Waals surface area contributed by atoms with Crippen molar-refractivity contribution in [3.05, 3.63) is 0 Å². The summed E-state index contributed by atoms with van der Waals surface area (Å²) in [6.45, 7) is 6.78. The molecule has 0 radical (unpaired) electrons. The molecule has 0 unspecified atom stereocenters. The number of hydrogen-bond donors (Lipinski definition) is 1. The van der Waals surface area contributed by atoms with Crippen LogP contribution in [0.3, 0.4) is 0 Å². The minimum atomic E-state index is 0.819. The van der Waals surface area contributed by atoms with E-state index in [1.165, 1.54) is 0 Å². The zero-order valence-corrected chi connectivity index (χ0v) is 7.62. The van der Waals surface area contributed by atoms with E-state index >= 15 is 0 Å². The van der Waals surface area contributed by atoms with Gasteiger partial charge in [-0.05, 0) is 21.0 Å². The van der Waals surface area contributed by atoms with Gasteiger partial charge >= 0.3 is 0 Å². The third kappa shape index (κ3) is 328. The fourth-order valence-corrected chi connectivity index (χ4v) is 0. The Morgan fingerprint density at radius 3 is 1.33 bits per heavy atom. The second kappa shape index (κ2) is 44.5. The van der Waals surface area contributed by atoms with Crippen LogP contribution >= 0.6 is 0 Å². The van der Waals surface area contributed by atoms with Crippen LogP contribution in [0.5, 0.6) is 0 Å². The number of hydrogen-bond acceptors (Lipinski definition) is 2. The van der Waals surface area contributed by atoms with Gasteiger partial charge < -0.3 is 10.1 Å². The van der Waals surface area contributed by atoms with E-state index < -0.39 is 0 Å². The normalized spacial score (nSPS) is 6.00. The Kier molecular flexibility index (Phi) is 78.9. The Morgan fingerprint density at radius 1 is 1.22 bits per heavy atom. The molecule has 0 aliphatic heterocycles. The molecule has 0 aromatic carbocycles. The fraction of sp³-hybridized carbons (Fsp3) is 1.00. The van der Waals surface area contributed by atoms with E-state index in [0.717, 1.165) is 6.61 Å². The van der Waals surface area contributed by atoms with Gasteiger partial charge in [-0.15, -0.1) is 0 Å². The quantitative estimate of drug-likeness (QED) is 0.588. The van der Waals surface area contributed by atoms with Crippen LogP contribution in [-0.2, 0) is 4.74 Å². The summed E-state index contributed by atoms with van der Waals surface area (Å²) < 4.78 is 4.54. The number of methoxy groups -OCH3 is 1. The minimum Gasteiger partial charge on any atom is -0.385 e. The summed E-state index contributed by atoms with van der Waals surface area (Å²) in [7, 11) is 5.43. The van der Waals surface area contributed by atoms with Gasteiger partial charge in [-0.2, -0.15) is 0 Å². The highest BCUT2D eigenvalue weighted by Crippen LogP contribution is 1.52. The van der Waals surface area contributed by atoms with Crippen molar-refractivity contribution in [3.63, 3.8) is 0 Å². The van der Waals surface area contributed by atoms with Crippen LogP contribution in [0.2, 0.25) is 0 Å². The summed E-state index contributed by atoms with van der Waals surface area (Å²) in [5, 5.41) is 2.75. The molecule has 0 heterocycles. The molecule has 1 N–H and O–H groups in total. The SMILES string of the molecule is CC.CCOC.CNC. The maximum atomic E-state index is 4.54. The standard InChI is InChI=1S/C3H8O.C2H7N.C2H6/c1-3-4-2;1-3-2;1-2/h3H2,1-2H3;3H,1-2H3;1-2H3. The largest absolute Gasteiger partial charge is 0.385 e. The Labute approximate surface area is 59.6 Å². The lowest BCUT2D eigenvalue weighted by Crippen LogP contribution is -1.89. The van der Waals surface area contributed by atoms with Gasteiger partial charge in [0.1, 0.15) is 0 Å². The molecule has 0 saturated heterocycles. The second-order valence-electron chi connectivity index (χ2n) is 1.08. The van der Waals surface area contributed by atoms with Gasteiger partial charge in [0.2, 0.25) is 0 Å². The van der Waals surface area contributed by atoms with Crippen LogP contribution in [0.15, 0.2) is 0 Å². The van der Waals surface area contributed by atoms with Crippen LogP contribution < -0.4 is 5.32 Å².